The number of aryl methyl sites for hydroxylation is 1. The van der Waals surface area contributed by atoms with Gasteiger partial charge in [-0.3, -0.25) is 14.9 Å². The fourth-order valence-electron chi connectivity index (χ4n) is 2.12. The number of esters is 1. The van der Waals surface area contributed by atoms with E-state index in [1.807, 2.05) is 12.2 Å². The van der Waals surface area contributed by atoms with E-state index in [9.17, 15) is 22.8 Å². The third-order valence-corrected chi connectivity index (χ3v) is 5.18. The lowest BCUT2D eigenvalue weighted by molar-refractivity contribution is -0.149. The molecule has 156 valence electrons. The van der Waals surface area contributed by atoms with Gasteiger partial charge in [-0.15, -0.1) is 0 Å². The Hall–Kier alpha value is -3.18. The molecule has 11 heteroatoms. The van der Waals surface area contributed by atoms with E-state index in [-0.39, 0.29) is 11.4 Å². The van der Waals surface area contributed by atoms with Crippen LogP contribution in [0.3, 0.4) is 0 Å². The van der Waals surface area contributed by atoms with Gasteiger partial charge in [-0.25, -0.2) is 13.2 Å². The number of furan rings is 1. The van der Waals surface area contributed by atoms with Crippen molar-refractivity contribution in [3.05, 3.63) is 54.0 Å². The molecule has 3 N–H and O–H groups in total. The SMILES string of the molecule is Cc1ccc(S(=O)(=O)NC(C)C(=O)OCC(=O)NC(=O)NCc2ccco2)cc1. The number of ether oxygens (including phenoxy) is 1. The second-order valence-electron chi connectivity index (χ2n) is 6.07. The van der Waals surface area contributed by atoms with Crippen LogP contribution in [0.5, 0.6) is 0 Å². The van der Waals surface area contributed by atoms with Gasteiger partial charge in [0.1, 0.15) is 11.8 Å². The highest BCUT2D eigenvalue weighted by atomic mass is 32.2. The summed E-state index contributed by atoms with van der Waals surface area (Å²) in [6, 6.07) is 7.32. The van der Waals surface area contributed by atoms with Crippen LogP contribution in [0.15, 0.2) is 52.0 Å². The molecule has 0 radical (unpaired) electrons. The maximum absolute atomic E-state index is 12.3. The van der Waals surface area contributed by atoms with Crippen molar-refractivity contribution in [2.45, 2.75) is 31.3 Å². The Morgan fingerprint density at radius 1 is 1.14 bits per heavy atom. The minimum Gasteiger partial charge on any atom is -0.467 e. The van der Waals surface area contributed by atoms with E-state index in [1.54, 1.807) is 24.3 Å². The Bertz CT molecular complexity index is 954. The highest BCUT2D eigenvalue weighted by molar-refractivity contribution is 7.89. The predicted octanol–water partition coefficient (Wildman–Crippen LogP) is 0.824. The second-order valence-corrected chi connectivity index (χ2v) is 7.79. The maximum atomic E-state index is 12.3. The van der Waals surface area contributed by atoms with Crippen molar-refractivity contribution in [2.24, 2.45) is 0 Å². The lowest BCUT2D eigenvalue weighted by Crippen LogP contribution is -2.43. The molecule has 1 atom stereocenters. The van der Waals surface area contributed by atoms with E-state index in [2.05, 4.69) is 10.0 Å². The van der Waals surface area contributed by atoms with Gasteiger partial charge < -0.3 is 14.5 Å². The van der Waals surface area contributed by atoms with Crippen LogP contribution < -0.4 is 15.4 Å². The number of urea groups is 1. The van der Waals surface area contributed by atoms with Gasteiger partial charge in [-0.2, -0.15) is 4.72 Å². The average molecular weight is 423 g/mol. The summed E-state index contributed by atoms with van der Waals surface area (Å²) < 4.78 is 36.4. The summed E-state index contributed by atoms with van der Waals surface area (Å²) >= 11 is 0. The van der Waals surface area contributed by atoms with Crippen LogP contribution in [0.4, 0.5) is 4.79 Å². The van der Waals surface area contributed by atoms with Crippen LogP contribution in [-0.2, 0) is 30.9 Å². The molecule has 0 aliphatic heterocycles. The number of amides is 3. The minimum atomic E-state index is -3.93. The van der Waals surface area contributed by atoms with Crippen LogP contribution in [-0.4, -0.2) is 39.0 Å². The predicted molar refractivity (Wildman–Crippen MR) is 101 cm³/mol. The van der Waals surface area contributed by atoms with E-state index >= 15 is 0 Å². The molecule has 0 saturated carbocycles. The van der Waals surface area contributed by atoms with Crippen molar-refractivity contribution in [3.63, 3.8) is 0 Å². The summed E-state index contributed by atoms with van der Waals surface area (Å²) in [5, 5.41) is 4.35. The number of rotatable bonds is 8. The molecule has 1 heterocycles. The smallest absolute Gasteiger partial charge is 0.324 e. The Kier molecular flexibility index (Phi) is 7.51. The Balaban J connectivity index is 1.76. The van der Waals surface area contributed by atoms with Crippen LogP contribution in [0.25, 0.3) is 0 Å². The Labute approximate surface area is 167 Å². The molecule has 1 aromatic carbocycles. The number of hydrogen-bond donors (Lipinski definition) is 3. The first-order chi connectivity index (χ1) is 13.7. The monoisotopic (exact) mass is 423 g/mol. The third kappa shape index (κ3) is 7.05. The molecule has 0 fully saturated rings. The number of carbonyl (C=O) groups is 3. The van der Waals surface area contributed by atoms with Gasteiger partial charge in [0.15, 0.2) is 6.61 Å². The summed E-state index contributed by atoms with van der Waals surface area (Å²) in [7, 11) is -3.93. The summed E-state index contributed by atoms with van der Waals surface area (Å²) in [5.41, 5.74) is 0.885. The number of sulfonamides is 1. The molecule has 0 saturated heterocycles. The van der Waals surface area contributed by atoms with Gasteiger partial charge >= 0.3 is 12.0 Å². The van der Waals surface area contributed by atoms with Gasteiger partial charge in [-0.05, 0) is 38.1 Å². The van der Waals surface area contributed by atoms with Crippen molar-refractivity contribution in [1.82, 2.24) is 15.4 Å². The summed E-state index contributed by atoms with van der Waals surface area (Å²) in [5.74, 6) is -1.34. The average Bonchev–Trinajstić information content (AvgIpc) is 3.18. The summed E-state index contributed by atoms with van der Waals surface area (Å²) in [4.78, 5) is 35.2. The quantitative estimate of drug-likeness (QED) is 0.533. The standard InChI is InChI=1S/C18H21N3O7S/c1-12-5-7-15(8-6-12)29(25,26)21-13(2)17(23)28-11-16(22)20-18(24)19-10-14-4-3-9-27-14/h3-9,13,21H,10-11H2,1-2H3,(H2,19,20,22,24). The molecular weight excluding hydrogens is 402 g/mol. The van der Waals surface area contributed by atoms with Crippen LogP contribution in [0.1, 0.15) is 18.2 Å². The molecule has 10 nitrogen and oxygen atoms in total. The zero-order chi connectivity index (χ0) is 21.4. The Morgan fingerprint density at radius 3 is 2.45 bits per heavy atom. The lowest BCUT2D eigenvalue weighted by Gasteiger charge is -2.14. The van der Waals surface area contributed by atoms with E-state index in [0.29, 0.717) is 5.76 Å². The molecule has 29 heavy (non-hydrogen) atoms. The number of imide groups is 1. The molecule has 3 amide bonds. The van der Waals surface area contributed by atoms with Crippen molar-refractivity contribution >= 4 is 27.9 Å². The molecule has 1 unspecified atom stereocenters. The number of hydrogen-bond acceptors (Lipinski definition) is 7. The fraction of sp³-hybridized carbons (Fsp3) is 0.278. The highest BCUT2D eigenvalue weighted by Gasteiger charge is 2.23. The van der Waals surface area contributed by atoms with Gasteiger partial charge in [0.25, 0.3) is 5.91 Å². The largest absolute Gasteiger partial charge is 0.467 e. The normalized spacial score (nSPS) is 12.1. The van der Waals surface area contributed by atoms with Crippen molar-refractivity contribution < 1.29 is 32.0 Å². The molecule has 0 spiro atoms. The van der Waals surface area contributed by atoms with Gasteiger partial charge in [0.05, 0.1) is 17.7 Å². The van der Waals surface area contributed by atoms with Crippen molar-refractivity contribution in [2.75, 3.05) is 6.61 Å². The van der Waals surface area contributed by atoms with E-state index in [4.69, 9.17) is 9.15 Å². The second kappa shape index (κ2) is 9.85. The molecule has 0 bridgehead atoms. The van der Waals surface area contributed by atoms with Gasteiger partial charge in [0, 0.05) is 0 Å². The number of benzene rings is 1. The van der Waals surface area contributed by atoms with E-state index in [0.717, 1.165) is 5.56 Å². The topological polar surface area (TPSA) is 144 Å². The van der Waals surface area contributed by atoms with Gasteiger partial charge in [-0.1, -0.05) is 17.7 Å². The summed E-state index contributed by atoms with van der Waals surface area (Å²) in [6.45, 7) is 2.42. The minimum absolute atomic E-state index is 0.00581. The Morgan fingerprint density at radius 2 is 1.83 bits per heavy atom. The van der Waals surface area contributed by atoms with E-state index in [1.165, 1.54) is 25.3 Å². The van der Waals surface area contributed by atoms with Crippen molar-refractivity contribution in [3.8, 4) is 0 Å². The zero-order valence-electron chi connectivity index (χ0n) is 15.8. The lowest BCUT2D eigenvalue weighted by atomic mass is 10.2. The molecular formula is C18H21N3O7S. The van der Waals surface area contributed by atoms with Crippen LogP contribution >= 0.6 is 0 Å². The highest BCUT2D eigenvalue weighted by Crippen LogP contribution is 2.10. The van der Waals surface area contributed by atoms with Crippen LogP contribution in [0, 0.1) is 6.92 Å². The van der Waals surface area contributed by atoms with E-state index < -0.39 is 40.6 Å². The van der Waals surface area contributed by atoms with Gasteiger partial charge in [0.2, 0.25) is 10.0 Å². The third-order valence-electron chi connectivity index (χ3n) is 3.62. The fourth-order valence-corrected chi connectivity index (χ4v) is 3.31. The zero-order valence-corrected chi connectivity index (χ0v) is 16.6. The molecule has 1 aromatic heterocycles. The molecule has 0 aliphatic carbocycles. The first-order valence-corrected chi connectivity index (χ1v) is 10.0. The first-order valence-electron chi connectivity index (χ1n) is 8.53. The van der Waals surface area contributed by atoms with Crippen molar-refractivity contribution in [1.29, 1.82) is 0 Å². The molecule has 2 aromatic rings. The maximum Gasteiger partial charge on any atom is 0.324 e. The summed E-state index contributed by atoms with van der Waals surface area (Å²) in [6.07, 6.45) is 1.44. The number of nitrogens with one attached hydrogen (secondary N) is 3. The first kappa shape index (κ1) is 22.1. The number of carbonyl (C=O) groups excluding carboxylic acids is 3. The van der Waals surface area contributed by atoms with Crippen LogP contribution in [0.2, 0.25) is 0 Å². The molecule has 0 aliphatic rings. The molecule has 2 rings (SSSR count).